The minimum absolute atomic E-state index is 0.195. The average molecular weight is 450 g/mol. The molecule has 5 N–H and O–H groups in total. The molecule has 166 valence electrons. The number of H-pyrrole nitrogens is 1. The molecule has 1 aliphatic rings. The smallest absolute Gasteiger partial charge is 0.272 e. The number of benzene rings is 2. The van der Waals surface area contributed by atoms with E-state index >= 15 is 0 Å². The molecule has 34 heavy (non-hydrogen) atoms. The van der Waals surface area contributed by atoms with Crippen LogP contribution in [-0.2, 0) is 0 Å². The van der Waals surface area contributed by atoms with Crippen molar-refractivity contribution < 1.29 is 9.59 Å². The Morgan fingerprint density at radius 2 is 1.82 bits per heavy atom. The largest absolute Gasteiger partial charge is 0.347 e. The minimum Gasteiger partial charge on any atom is -0.347 e. The zero-order valence-corrected chi connectivity index (χ0v) is 17.7. The van der Waals surface area contributed by atoms with Gasteiger partial charge in [-0.25, -0.2) is 9.97 Å². The van der Waals surface area contributed by atoms with Crippen LogP contribution >= 0.6 is 0 Å². The lowest BCUT2D eigenvalue weighted by Gasteiger charge is -2.15. The molecule has 10 heteroatoms. The number of carbonyl (C=O) groups excluding carboxylic acids is 2. The van der Waals surface area contributed by atoms with Gasteiger partial charge in [-0.1, -0.05) is 30.3 Å². The van der Waals surface area contributed by atoms with Crippen molar-refractivity contribution in [2.75, 3.05) is 16.0 Å². The van der Waals surface area contributed by atoms with Crippen LogP contribution < -0.4 is 21.3 Å². The summed E-state index contributed by atoms with van der Waals surface area (Å²) in [7, 11) is 0. The van der Waals surface area contributed by atoms with E-state index in [0.29, 0.717) is 39.7 Å². The van der Waals surface area contributed by atoms with E-state index in [0.717, 1.165) is 0 Å². The van der Waals surface area contributed by atoms with Crippen molar-refractivity contribution in [3.63, 3.8) is 0 Å². The first kappa shape index (κ1) is 20.7. The maximum Gasteiger partial charge on any atom is 0.272 e. The van der Waals surface area contributed by atoms with Gasteiger partial charge in [-0.05, 0) is 30.3 Å². The number of pyridine rings is 1. The maximum atomic E-state index is 12.9. The fraction of sp³-hybridized carbons (Fsp3) is 0.0417. The highest BCUT2D eigenvalue weighted by atomic mass is 16.2. The van der Waals surface area contributed by atoms with E-state index in [1.165, 1.54) is 0 Å². The Morgan fingerprint density at radius 3 is 2.65 bits per heavy atom. The number of nitrogens with zero attached hydrogens (tertiary/aromatic N) is 3. The van der Waals surface area contributed by atoms with Crippen molar-refractivity contribution in [3.05, 3.63) is 89.9 Å². The van der Waals surface area contributed by atoms with Gasteiger partial charge >= 0.3 is 0 Å². The molecular weight excluding hydrogens is 432 g/mol. The lowest BCUT2D eigenvalue weighted by molar-refractivity contribution is 0.0940. The minimum atomic E-state index is -0.656. The molecule has 1 atom stereocenters. The van der Waals surface area contributed by atoms with Gasteiger partial charge in [-0.2, -0.15) is 5.26 Å². The zero-order chi connectivity index (χ0) is 23.5. The van der Waals surface area contributed by atoms with Gasteiger partial charge in [0.2, 0.25) is 5.95 Å². The molecule has 2 aromatic heterocycles. The number of aromatic nitrogens is 3. The monoisotopic (exact) mass is 450 g/mol. The normalized spacial score (nSPS) is 13.7. The third-order valence-corrected chi connectivity index (χ3v) is 5.21. The first-order valence-corrected chi connectivity index (χ1v) is 10.4. The summed E-state index contributed by atoms with van der Waals surface area (Å²) in [5.41, 5.74) is 3.46. The van der Waals surface area contributed by atoms with Crippen molar-refractivity contribution in [2.45, 2.75) is 6.29 Å². The molecule has 0 fully saturated rings. The molecule has 3 heterocycles. The standard InChI is InChI=1S/C24H18N8O2/c25-13-14-5-1-2-6-15(14)17-8-4-10-19(28-17)22(34)32-24-29-18-9-3-7-16(20(18)30-24)21(33)31-23-26-11-12-27-23/h1-12,24,29-30H,(H,32,34)(H2,26,27,31,33). The Hall–Kier alpha value is -5.17. The third-order valence-electron chi connectivity index (χ3n) is 5.21. The van der Waals surface area contributed by atoms with Crippen molar-refractivity contribution in [1.82, 2.24) is 20.3 Å². The van der Waals surface area contributed by atoms with Gasteiger partial charge in [-0.3, -0.25) is 14.9 Å². The Labute approximate surface area is 194 Å². The molecule has 10 nitrogen and oxygen atoms in total. The summed E-state index contributed by atoms with van der Waals surface area (Å²) in [5, 5.41) is 21.1. The first-order chi connectivity index (χ1) is 16.6. The van der Waals surface area contributed by atoms with Gasteiger partial charge in [-0.15, -0.1) is 0 Å². The molecule has 1 aliphatic heterocycles. The molecule has 2 amide bonds. The van der Waals surface area contributed by atoms with Crippen molar-refractivity contribution in [2.24, 2.45) is 0 Å². The highest BCUT2D eigenvalue weighted by Crippen LogP contribution is 2.32. The van der Waals surface area contributed by atoms with Crippen LogP contribution in [0.3, 0.4) is 0 Å². The number of amides is 2. The van der Waals surface area contributed by atoms with Gasteiger partial charge in [0.25, 0.3) is 11.8 Å². The van der Waals surface area contributed by atoms with E-state index in [2.05, 4.69) is 42.3 Å². The van der Waals surface area contributed by atoms with E-state index in [1.807, 2.05) is 6.07 Å². The number of rotatable bonds is 5. The van der Waals surface area contributed by atoms with E-state index < -0.39 is 12.2 Å². The summed E-state index contributed by atoms with van der Waals surface area (Å²) in [6.45, 7) is 0. The number of para-hydroxylation sites is 1. The summed E-state index contributed by atoms with van der Waals surface area (Å²) in [6, 6.07) is 19.5. The van der Waals surface area contributed by atoms with Gasteiger partial charge in [0.15, 0.2) is 6.29 Å². The molecule has 2 aromatic carbocycles. The highest BCUT2D eigenvalue weighted by molar-refractivity contribution is 6.10. The van der Waals surface area contributed by atoms with Crippen LogP contribution in [0.2, 0.25) is 0 Å². The second-order valence-electron chi connectivity index (χ2n) is 7.38. The summed E-state index contributed by atoms with van der Waals surface area (Å²) >= 11 is 0. The van der Waals surface area contributed by atoms with Crippen LogP contribution in [0.4, 0.5) is 17.3 Å². The van der Waals surface area contributed by atoms with Crippen LogP contribution in [0.1, 0.15) is 26.4 Å². The van der Waals surface area contributed by atoms with Crippen LogP contribution in [0.25, 0.3) is 11.3 Å². The van der Waals surface area contributed by atoms with Crippen molar-refractivity contribution in [3.8, 4) is 17.3 Å². The summed E-state index contributed by atoms with van der Waals surface area (Å²) in [4.78, 5) is 36.9. The predicted molar refractivity (Wildman–Crippen MR) is 126 cm³/mol. The van der Waals surface area contributed by atoms with Crippen LogP contribution in [0, 0.1) is 11.3 Å². The quantitative estimate of drug-likeness (QED) is 0.314. The topological polar surface area (TPSA) is 148 Å². The van der Waals surface area contributed by atoms with Gasteiger partial charge in [0, 0.05) is 18.0 Å². The van der Waals surface area contributed by atoms with Crippen LogP contribution in [-0.4, -0.2) is 33.1 Å². The van der Waals surface area contributed by atoms with Crippen LogP contribution in [0.15, 0.2) is 73.1 Å². The lowest BCUT2D eigenvalue weighted by atomic mass is 10.0. The van der Waals surface area contributed by atoms with Crippen LogP contribution in [0.5, 0.6) is 0 Å². The number of imidazole rings is 1. The number of nitrogens with one attached hydrogen (secondary N) is 5. The number of carbonyl (C=O) groups is 2. The first-order valence-electron chi connectivity index (χ1n) is 10.4. The van der Waals surface area contributed by atoms with Crippen molar-refractivity contribution >= 4 is 29.1 Å². The van der Waals surface area contributed by atoms with Gasteiger partial charge in [0.05, 0.1) is 34.3 Å². The fourth-order valence-electron chi connectivity index (χ4n) is 3.65. The summed E-state index contributed by atoms with van der Waals surface area (Å²) in [5.74, 6) is -0.434. The second kappa shape index (κ2) is 8.76. The molecule has 4 aromatic rings. The Balaban J connectivity index is 1.31. The number of fused-ring (bicyclic) bond motifs is 1. The molecule has 5 rings (SSSR count). The number of aromatic amines is 1. The highest BCUT2D eigenvalue weighted by Gasteiger charge is 2.26. The molecule has 0 radical (unpaired) electrons. The third kappa shape index (κ3) is 4.01. The fourth-order valence-corrected chi connectivity index (χ4v) is 3.65. The van der Waals surface area contributed by atoms with E-state index in [-0.39, 0.29) is 11.6 Å². The van der Waals surface area contributed by atoms with Crippen molar-refractivity contribution in [1.29, 1.82) is 5.26 Å². The maximum absolute atomic E-state index is 12.9. The molecule has 0 saturated heterocycles. The Bertz CT molecular complexity index is 1430. The number of anilines is 3. The molecule has 1 unspecified atom stereocenters. The Kier molecular flexibility index (Phi) is 5.34. The molecule has 0 saturated carbocycles. The van der Waals surface area contributed by atoms with E-state index in [4.69, 9.17) is 0 Å². The van der Waals surface area contributed by atoms with Gasteiger partial charge in [0.1, 0.15) is 5.69 Å². The summed E-state index contributed by atoms with van der Waals surface area (Å²) < 4.78 is 0. The predicted octanol–water partition coefficient (Wildman–Crippen LogP) is 3.15. The van der Waals surface area contributed by atoms with E-state index in [1.54, 1.807) is 67.0 Å². The number of hydrogen-bond acceptors (Lipinski definition) is 7. The molecule has 0 aliphatic carbocycles. The summed E-state index contributed by atoms with van der Waals surface area (Å²) in [6.07, 6.45) is 2.49. The molecular formula is C24H18N8O2. The number of hydrogen-bond donors (Lipinski definition) is 5. The zero-order valence-electron chi connectivity index (χ0n) is 17.7. The molecule has 0 spiro atoms. The lowest BCUT2D eigenvalue weighted by Crippen LogP contribution is -2.43. The number of nitriles is 1. The van der Waals surface area contributed by atoms with Gasteiger partial charge < -0.3 is 20.9 Å². The average Bonchev–Trinajstić information content (AvgIpc) is 3.53. The Morgan fingerprint density at radius 1 is 0.971 bits per heavy atom. The second-order valence-corrected chi connectivity index (χ2v) is 7.38. The SMILES string of the molecule is N#Cc1ccccc1-c1cccc(C(=O)NC2Nc3cccc(C(=O)Nc4ncc[nH]4)c3N2)n1. The van der Waals surface area contributed by atoms with E-state index in [9.17, 15) is 14.9 Å². The molecule has 0 bridgehead atoms.